The lowest BCUT2D eigenvalue weighted by atomic mass is 10.1. The van der Waals surface area contributed by atoms with Crippen LogP contribution in [0.1, 0.15) is 15.9 Å². The molecule has 0 aliphatic rings. The molecule has 2 heterocycles. The molecule has 2 aromatic heterocycles. The molecule has 4 heteroatoms. The van der Waals surface area contributed by atoms with E-state index in [1.165, 1.54) is 12.7 Å². The van der Waals surface area contributed by atoms with Crippen LogP contribution < -0.4 is 0 Å². The van der Waals surface area contributed by atoms with Gasteiger partial charge in [-0.15, -0.1) is 0 Å². The quantitative estimate of drug-likeness (QED) is 0.669. The van der Waals surface area contributed by atoms with Crippen LogP contribution in [0.3, 0.4) is 0 Å². The summed E-state index contributed by atoms with van der Waals surface area (Å²) in [6, 6.07) is 11.7. The van der Waals surface area contributed by atoms with Crippen molar-refractivity contribution in [1.29, 1.82) is 0 Å². The van der Waals surface area contributed by atoms with E-state index in [9.17, 15) is 4.79 Å². The van der Waals surface area contributed by atoms with Crippen molar-refractivity contribution >= 4 is 11.5 Å². The van der Waals surface area contributed by atoms with Crippen molar-refractivity contribution in [1.82, 2.24) is 9.38 Å². The fourth-order valence-electron chi connectivity index (χ4n) is 2.16. The number of aryl methyl sites for hydroxylation is 1. The van der Waals surface area contributed by atoms with Gasteiger partial charge in [-0.3, -0.25) is 4.40 Å². The molecular formula is C16H14N2O2. The molecule has 0 amide bonds. The standard InChI is InChI=1S/C16H14N2O2/c1-11-3-5-12(6-4-11)15-17-10-14-9-13(16(19)20-2)7-8-18(14)15/h3-10H,1-2H3. The van der Waals surface area contributed by atoms with E-state index in [4.69, 9.17) is 4.74 Å². The minimum absolute atomic E-state index is 0.342. The first kappa shape index (κ1) is 12.4. The van der Waals surface area contributed by atoms with E-state index in [0.717, 1.165) is 16.9 Å². The van der Waals surface area contributed by atoms with Crippen LogP contribution in [0.4, 0.5) is 0 Å². The normalized spacial score (nSPS) is 10.7. The van der Waals surface area contributed by atoms with E-state index >= 15 is 0 Å². The van der Waals surface area contributed by atoms with Gasteiger partial charge in [-0.05, 0) is 19.1 Å². The van der Waals surface area contributed by atoms with Crippen molar-refractivity contribution in [2.24, 2.45) is 0 Å². The molecule has 100 valence electrons. The Hall–Kier alpha value is -2.62. The van der Waals surface area contributed by atoms with Gasteiger partial charge in [-0.25, -0.2) is 9.78 Å². The molecule has 0 radical (unpaired) electrons. The predicted octanol–water partition coefficient (Wildman–Crippen LogP) is 3.10. The highest BCUT2D eigenvalue weighted by molar-refractivity contribution is 5.90. The molecule has 0 unspecified atom stereocenters. The van der Waals surface area contributed by atoms with E-state index in [0.29, 0.717) is 5.56 Å². The van der Waals surface area contributed by atoms with Gasteiger partial charge in [0.1, 0.15) is 5.82 Å². The second-order valence-corrected chi connectivity index (χ2v) is 4.65. The zero-order valence-electron chi connectivity index (χ0n) is 11.3. The number of hydrogen-bond donors (Lipinski definition) is 0. The van der Waals surface area contributed by atoms with Gasteiger partial charge in [0.05, 0.1) is 24.4 Å². The van der Waals surface area contributed by atoms with Crippen molar-refractivity contribution in [2.75, 3.05) is 7.11 Å². The van der Waals surface area contributed by atoms with Crippen LogP contribution in [0, 0.1) is 6.92 Å². The van der Waals surface area contributed by atoms with Crippen molar-refractivity contribution < 1.29 is 9.53 Å². The number of esters is 1. The molecule has 0 aliphatic heterocycles. The third kappa shape index (κ3) is 2.05. The summed E-state index contributed by atoms with van der Waals surface area (Å²) in [4.78, 5) is 16.0. The van der Waals surface area contributed by atoms with Gasteiger partial charge < -0.3 is 4.74 Å². The number of aromatic nitrogens is 2. The Balaban J connectivity index is 2.10. The summed E-state index contributed by atoms with van der Waals surface area (Å²) in [5.41, 5.74) is 3.64. The molecule has 20 heavy (non-hydrogen) atoms. The third-order valence-electron chi connectivity index (χ3n) is 3.26. The van der Waals surface area contributed by atoms with Gasteiger partial charge in [-0.1, -0.05) is 29.8 Å². The van der Waals surface area contributed by atoms with Crippen LogP contribution in [-0.4, -0.2) is 22.5 Å². The highest BCUT2D eigenvalue weighted by Crippen LogP contribution is 2.21. The van der Waals surface area contributed by atoms with E-state index in [-0.39, 0.29) is 5.97 Å². The zero-order chi connectivity index (χ0) is 14.1. The third-order valence-corrected chi connectivity index (χ3v) is 3.26. The summed E-state index contributed by atoms with van der Waals surface area (Å²) < 4.78 is 6.68. The maximum Gasteiger partial charge on any atom is 0.337 e. The van der Waals surface area contributed by atoms with Gasteiger partial charge in [0.15, 0.2) is 0 Å². The largest absolute Gasteiger partial charge is 0.465 e. The molecule has 0 saturated heterocycles. The number of rotatable bonds is 2. The number of methoxy groups -OCH3 is 1. The van der Waals surface area contributed by atoms with Gasteiger partial charge in [0.25, 0.3) is 0 Å². The molecule has 3 rings (SSSR count). The zero-order valence-corrected chi connectivity index (χ0v) is 11.3. The van der Waals surface area contributed by atoms with E-state index < -0.39 is 0 Å². The molecule has 0 fully saturated rings. The Morgan fingerprint density at radius 2 is 1.95 bits per heavy atom. The fourth-order valence-corrected chi connectivity index (χ4v) is 2.16. The van der Waals surface area contributed by atoms with Crippen LogP contribution in [-0.2, 0) is 4.74 Å². The first-order valence-corrected chi connectivity index (χ1v) is 6.31. The van der Waals surface area contributed by atoms with E-state index in [1.54, 1.807) is 18.3 Å². The first-order chi connectivity index (χ1) is 9.69. The predicted molar refractivity (Wildman–Crippen MR) is 76.7 cm³/mol. The van der Waals surface area contributed by atoms with Crippen molar-refractivity contribution in [2.45, 2.75) is 6.92 Å². The average Bonchev–Trinajstić information content (AvgIpc) is 2.90. The Kier molecular flexibility index (Phi) is 2.99. The topological polar surface area (TPSA) is 43.6 Å². The van der Waals surface area contributed by atoms with Gasteiger partial charge in [0.2, 0.25) is 0 Å². The van der Waals surface area contributed by atoms with Crippen LogP contribution in [0.5, 0.6) is 0 Å². The van der Waals surface area contributed by atoms with Crippen LogP contribution in [0.15, 0.2) is 48.8 Å². The highest BCUT2D eigenvalue weighted by Gasteiger charge is 2.10. The Bertz CT molecular complexity index is 773. The number of imidazole rings is 1. The fraction of sp³-hybridized carbons (Fsp3) is 0.125. The van der Waals surface area contributed by atoms with Crippen LogP contribution >= 0.6 is 0 Å². The number of carbonyl (C=O) groups is 1. The monoisotopic (exact) mass is 266 g/mol. The highest BCUT2D eigenvalue weighted by atomic mass is 16.5. The smallest absolute Gasteiger partial charge is 0.337 e. The van der Waals surface area contributed by atoms with Gasteiger partial charge in [0, 0.05) is 11.8 Å². The lowest BCUT2D eigenvalue weighted by Gasteiger charge is -2.04. The first-order valence-electron chi connectivity index (χ1n) is 6.31. The Labute approximate surface area is 116 Å². The molecule has 4 nitrogen and oxygen atoms in total. The summed E-state index contributed by atoms with van der Waals surface area (Å²) in [5.74, 6) is 0.516. The molecule has 0 spiro atoms. The van der Waals surface area contributed by atoms with E-state index in [2.05, 4.69) is 24.0 Å². The summed E-state index contributed by atoms with van der Waals surface area (Å²) in [5, 5.41) is 0. The summed E-state index contributed by atoms with van der Waals surface area (Å²) in [7, 11) is 1.38. The maximum absolute atomic E-state index is 11.5. The molecule has 0 saturated carbocycles. The number of carbonyl (C=O) groups excluding carboxylic acids is 1. The lowest BCUT2D eigenvalue weighted by molar-refractivity contribution is 0.0600. The van der Waals surface area contributed by atoms with Crippen molar-refractivity contribution in [3.63, 3.8) is 0 Å². The van der Waals surface area contributed by atoms with E-state index in [1.807, 2.05) is 22.7 Å². The second kappa shape index (κ2) is 4.81. The minimum atomic E-state index is -0.342. The molecule has 0 atom stereocenters. The molecule has 3 aromatic rings. The molecule has 0 aliphatic carbocycles. The lowest BCUT2D eigenvalue weighted by Crippen LogP contribution is -2.01. The summed E-state index contributed by atoms with van der Waals surface area (Å²) >= 11 is 0. The molecule has 0 N–H and O–H groups in total. The number of pyridine rings is 1. The number of fused-ring (bicyclic) bond motifs is 1. The van der Waals surface area contributed by atoms with Gasteiger partial charge in [-0.2, -0.15) is 0 Å². The van der Waals surface area contributed by atoms with Crippen molar-refractivity contribution in [3.8, 4) is 11.4 Å². The maximum atomic E-state index is 11.5. The Morgan fingerprint density at radius 3 is 2.65 bits per heavy atom. The number of ether oxygens (including phenoxy) is 1. The Morgan fingerprint density at radius 1 is 1.20 bits per heavy atom. The molecule has 0 bridgehead atoms. The summed E-state index contributed by atoms with van der Waals surface area (Å²) in [6.45, 7) is 2.05. The number of benzene rings is 1. The number of nitrogens with zero attached hydrogens (tertiary/aromatic N) is 2. The number of hydrogen-bond acceptors (Lipinski definition) is 3. The SMILES string of the molecule is COC(=O)c1ccn2c(-c3ccc(C)cc3)ncc2c1. The van der Waals surface area contributed by atoms with Crippen LogP contribution in [0.2, 0.25) is 0 Å². The molecular weight excluding hydrogens is 252 g/mol. The summed E-state index contributed by atoms with van der Waals surface area (Å²) in [6.07, 6.45) is 3.59. The average molecular weight is 266 g/mol. The molecule has 1 aromatic carbocycles. The minimum Gasteiger partial charge on any atom is -0.465 e. The van der Waals surface area contributed by atoms with Gasteiger partial charge >= 0.3 is 5.97 Å². The second-order valence-electron chi connectivity index (χ2n) is 4.65. The van der Waals surface area contributed by atoms with Crippen LogP contribution in [0.25, 0.3) is 16.9 Å². The van der Waals surface area contributed by atoms with Crippen molar-refractivity contribution in [3.05, 3.63) is 59.9 Å².